The minimum absolute atomic E-state index is 0.842. The first-order valence-corrected chi connectivity index (χ1v) is 3.98. The zero-order valence-corrected chi connectivity index (χ0v) is 6.91. The Morgan fingerprint density at radius 3 is 2.33 bits per heavy atom. The third-order valence-electron chi connectivity index (χ3n) is 1.33. The molecule has 1 nitrogen and oxygen atoms in total. The number of rotatable bonds is 5. The maximum absolute atomic E-state index is 3.37. The van der Waals surface area contributed by atoms with Crippen molar-refractivity contribution < 1.29 is 0 Å². The molecule has 0 aliphatic carbocycles. The lowest BCUT2D eigenvalue weighted by molar-refractivity contribution is 0.700. The van der Waals surface area contributed by atoms with Crippen molar-refractivity contribution in [2.45, 2.75) is 33.3 Å². The van der Waals surface area contributed by atoms with E-state index in [1.54, 1.807) is 0 Å². The lowest BCUT2D eigenvalue weighted by Crippen LogP contribution is -2.19. The van der Waals surface area contributed by atoms with E-state index in [-0.39, 0.29) is 0 Å². The van der Waals surface area contributed by atoms with Gasteiger partial charge in [0.25, 0.3) is 0 Å². The van der Waals surface area contributed by atoms with E-state index in [1.807, 2.05) is 0 Å². The maximum Gasteiger partial charge on any atom is 0.134 e. The molecule has 0 aliphatic rings. The molecule has 9 heavy (non-hydrogen) atoms. The summed E-state index contributed by atoms with van der Waals surface area (Å²) in [5.41, 5.74) is 0. The first-order chi connectivity index (χ1) is 4.27. The van der Waals surface area contributed by atoms with Crippen LogP contribution in [0.1, 0.15) is 13.3 Å². The highest BCUT2D eigenvalue weighted by Crippen LogP contribution is 1.87. The van der Waals surface area contributed by atoms with Crippen LogP contribution in [0.4, 0.5) is 0 Å². The molecule has 0 saturated heterocycles. The van der Waals surface area contributed by atoms with E-state index >= 15 is 0 Å². The standard InChI is InChI=1S/C7H18BN/c1-4-6-9-7-5-8(2)3/h9H,4-7H2,1-3H3. The highest BCUT2D eigenvalue weighted by molar-refractivity contribution is 6.55. The SMILES string of the molecule is CCCNCCB(C)C. The third kappa shape index (κ3) is 8.02. The molecule has 2 heteroatoms. The summed E-state index contributed by atoms with van der Waals surface area (Å²) in [5, 5.41) is 3.37. The van der Waals surface area contributed by atoms with Crippen LogP contribution in [0.15, 0.2) is 0 Å². The molecular weight excluding hydrogens is 109 g/mol. The van der Waals surface area contributed by atoms with Crippen molar-refractivity contribution in [2.75, 3.05) is 13.1 Å². The van der Waals surface area contributed by atoms with Crippen molar-refractivity contribution in [3.63, 3.8) is 0 Å². The Morgan fingerprint density at radius 2 is 1.89 bits per heavy atom. The smallest absolute Gasteiger partial charge is 0.134 e. The summed E-state index contributed by atoms with van der Waals surface area (Å²) in [7, 11) is 0. The lowest BCUT2D eigenvalue weighted by Gasteiger charge is -2.02. The molecule has 0 amide bonds. The molecule has 0 aliphatic heterocycles. The number of nitrogens with one attached hydrogen (secondary N) is 1. The fraction of sp³-hybridized carbons (Fsp3) is 1.00. The molecule has 0 heterocycles. The molecule has 0 bridgehead atoms. The Bertz CT molecular complexity index is 54.9. The molecule has 54 valence electrons. The van der Waals surface area contributed by atoms with Gasteiger partial charge in [0.15, 0.2) is 0 Å². The summed E-state index contributed by atoms with van der Waals surface area (Å²) in [4.78, 5) is 0. The second kappa shape index (κ2) is 6.15. The van der Waals surface area contributed by atoms with Gasteiger partial charge in [-0.3, -0.25) is 0 Å². The first-order valence-electron chi connectivity index (χ1n) is 3.98. The molecule has 0 rings (SSSR count). The molecular formula is C7H18BN. The van der Waals surface area contributed by atoms with E-state index in [1.165, 1.54) is 25.8 Å². The number of hydrogen-bond donors (Lipinski definition) is 1. The van der Waals surface area contributed by atoms with Crippen molar-refractivity contribution in [3.05, 3.63) is 0 Å². The predicted octanol–water partition coefficient (Wildman–Crippen LogP) is 1.74. The van der Waals surface area contributed by atoms with Crippen molar-refractivity contribution in [2.24, 2.45) is 0 Å². The fourth-order valence-corrected chi connectivity index (χ4v) is 0.693. The normalized spacial score (nSPS) is 9.67. The van der Waals surface area contributed by atoms with E-state index in [0.717, 1.165) is 6.71 Å². The Balaban J connectivity index is 2.75. The van der Waals surface area contributed by atoms with E-state index < -0.39 is 0 Å². The Hall–Kier alpha value is 0.0249. The van der Waals surface area contributed by atoms with E-state index in [9.17, 15) is 0 Å². The van der Waals surface area contributed by atoms with Crippen molar-refractivity contribution in [3.8, 4) is 0 Å². The molecule has 0 fully saturated rings. The highest BCUT2D eigenvalue weighted by atomic mass is 14.8. The summed E-state index contributed by atoms with van der Waals surface area (Å²) < 4.78 is 0. The van der Waals surface area contributed by atoms with Gasteiger partial charge >= 0.3 is 0 Å². The summed E-state index contributed by atoms with van der Waals surface area (Å²) in [5.74, 6) is 0. The summed E-state index contributed by atoms with van der Waals surface area (Å²) in [6.07, 6.45) is 2.55. The molecule has 0 atom stereocenters. The maximum atomic E-state index is 3.37. The van der Waals surface area contributed by atoms with Crippen LogP contribution in [-0.4, -0.2) is 19.8 Å². The second-order valence-corrected chi connectivity index (χ2v) is 2.93. The van der Waals surface area contributed by atoms with Crippen LogP contribution < -0.4 is 5.32 Å². The first kappa shape index (κ1) is 9.02. The summed E-state index contributed by atoms with van der Waals surface area (Å²) >= 11 is 0. The molecule has 0 spiro atoms. The average molecular weight is 127 g/mol. The summed E-state index contributed by atoms with van der Waals surface area (Å²) in [6, 6.07) is 0. The lowest BCUT2D eigenvalue weighted by atomic mass is 9.52. The van der Waals surface area contributed by atoms with Crippen LogP contribution in [0.2, 0.25) is 20.0 Å². The Kier molecular flexibility index (Phi) is 6.17. The van der Waals surface area contributed by atoms with Gasteiger partial charge in [-0.15, -0.1) is 0 Å². The van der Waals surface area contributed by atoms with Crippen LogP contribution >= 0.6 is 0 Å². The van der Waals surface area contributed by atoms with Crippen LogP contribution in [-0.2, 0) is 0 Å². The van der Waals surface area contributed by atoms with Crippen molar-refractivity contribution >= 4 is 6.71 Å². The topological polar surface area (TPSA) is 12.0 Å². The van der Waals surface area contributed by atoms with Crippen LogP contribution in [0.25, 0.3) is 0 Å². The van der Waals surface area contributed by atoms with Gasteiger partial charge in [0.05, 0.1) is 0 Å². The molecule has 0 radical (unpaired) electrons. The van der Waals surface area contributed by atoms with Gasteiger partial charge in [0, 0.05) is 0 Å². The van der Waals surface area contributed by atoms with E-state index in [2.05, 4.69) is 25.9 Å². The van der Waals surface area contributed by atoms with Crippen LogP contribution in [0.5, 0.6) is 0 Å². The molecule has 0 aromatic rings. The minimum atomic E-state index is 0.842. The molecule has 1 N–H and O–H groups in total. The summed E-state index contributed by atoms with van der Waals surface area (Å²) in [6.45, 7) is 9.91. The number of hydrogen-bond acceptors (Lipinski definition) is 1. The van der Waals surface area contributed by atoms with Crippen molar-refractivity contribution in [1.29, 1.82) is 0 Å². The Labute approximate surface area is 59.3 Å². The highest BCUT2D eigenvalue weighted by Gasteiger charge is 1.95. The monoisotopic (exact) mass is 127 g/mol. The molecule has 0 aromatic heterocycles. The fourth-order valence-electron chi connectivity index (χ4n) is 0.693. The minimum Gasteiger partial charge on any atom is -0.317 e. The van der Waals surface area contributed by atoms with Gasteiger partial charge < -0.3 is 5.32 Å². The van der Waals surface area contributed by atoms with Gasteiger partial charge in [0.1, 0.15) is 6.71 Å². The zero-order valence-electron chi connectivity index (χ0n) is 6.91. The van der Waals surface area contributed by atoms with E-state index in [4.69, 9.17) is 0 Å². The third-order valence-corrected chi connectivity index (χ3v) is 1.33. The van der Waals surface area contributed by atoms with Gasteiger partial charge in [-0.1, -0.05) is 26.9 Å². The Morgan fingerprint density at radius 1 is 1.22 bits per heavy atom. The molecule has 0 aromatic carbocycles. The van der Waals surface area contributed by atoms with Crippen LogP contribution in [0.3, 0.4) is 0 Å². The zero-order chi connectivity index (χ0) is 7.11. The van der Waals surface area contributed by atoms with Gasteiger partial charge in [0.2, 0.25) is 0 Å². The average Bonchev–Trinajstić information content (AvgIpc) is 1.80. The largest absolute Gasteiger partial charge is 0.317 e. The van der Waals surface area contributed by atoms with Crippen molar-refractivity contribution in [1.82, 2.24) is 5.32 Å². The quantitative estimate of drug-likeness (QED) is 0.438. The van der Waals surface area contributed by atoms with Gasteiger partial charge in [-0.25, -0.2) is 0 Å². The van der Waals surface area contributed by atoms with Gasteiger partial charge in [-0.2, -0.15) is 0 Å². The van der Waals surface area contributed by atoms with Crippen LogP contribution in [0, 0.1) is 0 Å². The van der Waals surface area contributed by atoms with Gasteiger partial charge in [-0.05, 0) is 19.5 Å². The second-order valence-electron chi connectivity index (χ2n) is 2.93. The van der Waals surface area contributed by atoms with E-state index in [0.29, 0.717) is 0 Å². The molecule has 0 saturated carbocycles. The molecule has 0 unspecified atom stereocenters. The predicted molar refractivity (Wildman–Crippen MR) is 45.4 cm³/mol.